The number of amides is 1. The summed E-state index contributed by atoms with van der Waals surface area (Å²) in [6.45, 7) is 9.33. The van der Waals surface area contributed by atoms with E-state index in [2.05, 4.69) is 5.32 Å². The molecule has 0 saturated carbocycles. The Morgan fingerprint density at radius 2 is 1.76 bits per heavy atom. The second kappa shape index (κ2) is 9.20. The van der Waals surface area contributed by atoms with Crippen LogP contribution in [0.5, 0.6) is 0 Å². The Labute approximate surface area is 148 Å². The minimum absolute atomic E-state index is 0.0354. The van der Waals surface area contributed by atoms with Gasteiger partial charge in [0.05, 0.1) is 11.6 Å². The molecular formula is C19H26NO5. The van der Waals surface area contributed by atoms with Gasteiger partial charge in [0.1, 0.15) is 12.2 Å². The highest BCUT2D eigenvalue weighted by molar-refractivity contribution is 5.89. The fraction of sp³-hybridized carbons (Fsp3) is 0.526. The van der Waals surface area contributed by atoms with E-state index in [1.807, 2.05) is 13.8 Å². The van der Waals surface area contributed by atoms with Gasteiger partial charge >= 0.3 is 12.1 Å². The molecule has 1 amide bonds. The average Bonchev–Trinajstić information content (AvgIpc) is 2.50. The molecule has 1 N–H and O–H groups in total. The minimum atomic E-state index is -0.679. The van der Waals surface area contributed by atoms with E-state index >= 15 is 0 Å². The highest BCUT2D eigenvalue weighted by Gasteiger charge is 2.18. The maximum Gasteiger partial charge on any atom is 0.408 e. The van der Waals surface area contributed by atoms with Crippen LogP contribution in [-0.4, -0.2) is 30.0 Å². The number of ether oxygens (including phenoxy) is 2. The van der Waals surface area contributed by atoms with Crippen molar-refractivity contribution in [2.45, 2.75) is 59.3 Å². The van der Waals surface area contributed by atoms with Crippen molar-refractivity contribution in [2.75, 3.05) is 0 Å². The molecule has 1 aromatic carbocycles. The minimum Gasteiger partial charge on any atom is -0.456 e. The van der Waals surface area contributed by atoms with Crippen molar-refractivity contribution in [3.05, 3.63) is 35.4 Å². The van der Waals surface area contributed by atoms with E-state index in [1.54, 1.807) is 51.3 Å². The van der Waals surface area contributed by atoms with E-state index in [0.717, 1.165) is 5.56 Å². The molecule has 0 heterocycles. The molecule has 0 spiro atoms. The van der Waals surface area contributed by atoms with Crippen molar-refractivity contribution in [2.24, 2.45) is 5.92 Å². The summed E-state index contributed by atoms with van der Waals surface area (Å²) in [7, 11) is 0. The predicted molar refractivity (Wildman–Crippen MR) is 93.9 cm³/mol. The normalized spacial score (nSPS) is 12.4. The number of nitrogens with one attached hydrogen (secondary N) is 1. The van der Waals surface area contributed by atoms with Crippen LogP contribution < -0.4 is 5.32 Å². The van der Waals surface area contributed by atoms with E-state index < -0.39 is 23.7 Å². The number of hydrogen-bond donors (Lipinski definition) is 1. The molecule has 0 saturated heterocycles. The first-order valence-corrected chi connectivity index (χ1v) is 8.24. The molecule has 0 unspecified atom stereocenters. The van der Waals surface area contributed by atoms with Crippen molar-refractivity contribution < 1.29 is 23.9 Å². The average molecular weight is 348 g/mol. The first kappa shape index (κ1) is 20.7. The van der Waals surface area contributed by atoms with Crippen LogP contribution in [0.1, 0.15) is 57.0 Å². The third kappa shape index (κ3) is 8.33. The van der Waals surface area contributed by atoms with Gasteiger partial charge < -0.3 is 14.8 Å². The molecule has 0 fully saturated rings. The lowest BCUT2D eigenvalue weighted by atomic mass is 10.1. The maximum absolute atomic E-state index is 11.9. The van der Waals surface area contributed by atoms with Gasteiger partial charge in [-0.15, -0.1) is 0 Å². The summed E-state index contributed by atoms with van der Waals surface area (Å²) >= 11 is 0. The highest BCUT2D eigenvalue weighted by atomic mass is 16.6. The van der Waals surface area contributed by atoms with Crippen LogP contribution in [0.3, 0.4) is 0 Å². The monoisotopic (exact) mass is 348 g/mol. The van der Waals surface area contributed by atoms with Crippen LogP contribution >= 0.6 is 0 Å². The smallest absolute Gasteiger partial charge is 0.408 e. The zero-order valence-corrected chi connectivity index (χ0v) is 15.4. The molecule has 1 atom stereocenters. The Kier molecular flexibility index (Phi) is 7.61. The first-order valence-electron chi connectivity index (χ1n) is 8.24. The third-order valence-electron chi connectivity index (χ3n) is 3.10. The van der Waals surface area contributed by atoms with E-state index in [1.165, 1.54) is 0 Å². The number of carbonyl (C=O) groups excluding carboxylic acids is 3. The van der Waals surface area contributed by atoms with Gasteiger partial charge in [-0.3, -0.25) is 4.79 Å². The van der Waals surface area contributed by atoms with Crippen LogP contribution in [0.4, 0.5) is 4.79 Å². The molecule has 137 valence electrons. The van der Waals surface area contributed by atoms with Crippen molar-refractivity contribution in [1.82, 2.24) is 5.32 Å². The quantitative estimate of drug-likeness (QED) is 0.764. The lowest BCUT2D eigenvalue weighted by Gasteiger charge is -2.19. The van der Waals surface area contributed by atoms with Gasteiger partial charge in [-0.25, -0.2) is 9.59 Å². The Balaban J connectivity index is 2.51. The zero-order chi connectivity index (χ0) is 19.0. The van der Waals surface area contributed by atoms with E-state index in [4.69, 9.17) is 9.47 Å². The van der Waals surface area contributed by atoms with Crippen molar-refractivity contribution in [1.29, 1.82) is 0 Å². The van der Waals surface area contributed by atoms with Crippen LogP contribution in [-0.2, 0) is 20.9 Å². The summed E-state index contributed by atoms with van der Waals surface area (Å²) in [5, 5.41) is 2.46. The number of benzene rings is 1. The van der Waals surface area contributed by atoms with Crippen LogP contribution in [0.15, 0.2) is 24.3 Å². The Morgan fingerprint density at radius 3 is 2.24 bits per heavy atom. The Morgan fingerprint density at radius 1 is 1.16 bits per heavy atom. The summed E-state index contributed by atoms with van der Waals surface area (Å²) in [5.74, 6) is -0.150. The van der Waals surface area contributed by atoms with Crippen molar-refractivity contribution >= 4 is 18.3 Å². The Bertz CT molecular complexity index is 587. The number of esters is 1. The van der Waals surface area contributed by atoms with Crippen LogP contribution in [0.2, 0.25) is 0 Å². The second-order valence-electron chi connectivity index (χ2n) is 7.22. The van der Waals surface area contributed by atoms with Gasteiger partial charge in [0.15, 0.2) is 0 Å². The maximum atomic E-state index is 11.9. The summed E-state index contributed by atoms with van der Waals surface area (Å²) in [6.07, 6.45) is 1.62. The molecule has 0 aliphatic heterocycles. The second-order valence-corrected chi connectivity index (χ2v) is 7.22. The zero-order valence-electron chi connectivity index (χ0n) is 15.4. The summed E-state index contributed by atoms with van der Waals surface area (Å²) < 4.78 is 10.4. The molecule has 1 aromatic rings. The summed E-state index contributed by atoms with van der Waals surface area (Å²) in [4.78, 5) is 34.5. The molecular weight excluding hydrogens is 322 g/mol. The molecule has 25 heavy (non-hydrogen) atoms. The SMILES string of the molecule is CC(C)C[C@@H]([C]=O)NC(=O)OCc1ccc(C(=O)OC(C)(C)C)cc1. The molecule has 1 rings (SSSR count). The third-order valence-corrected chi connectivity index (χ3v) is 3.10. The van der Waals surface area contributed by atoms with Crippen molar-refractivity contribution in [3.63, 3.8) is 0 Å². The molecule has 1 radical (unpaired) electrons. The first-order chi connectivity index (χ1) is 11.6. The van der Waals surface area contributed by atoms with Gasteiger partial charge in [-0.2, -0.15) is 0 Å². The van der Waals surface area contributed by atoms with Crippen LogP contribution in [0.25, 0.3) is 0 Å². The largest absolute Gasteiger partial charge is 0.456 e. The molecule has 0 bridgehead atoms. The number of rotatable bonds is 7. The fourth-order valence-corrected chi connectivity index (χ4v) is 2.01. The molecule has 0 aliphatic rings. The fourth-order valence-electron chi connectivity index (χ4n) is 2.01. The molecule has 0 aromatic heterocycles. The van der Waals surface area contributed by atoms with Crippen molar-refractivity contribution in [3.8, 4) is 0 Å². The topological polar surface area (TPSA) is 81.7 Å². The van der Waals surface area contributed by atoms with Gasteiger partial charge in [-0.05, 0) is 50.8 Å². The highest BCUT2D eigenvalue weighted by Crippen LogP contribution is 2.13. The number of alkyl carbamates (subject to hydrolysis) is 1. The Hall–Kier alpha value is -2.37. The van der Waals surface area contributed by atoms with Crippen LogP contribution in [0, 0.1) is 5.92 Å². The van der Waals surface area contributed by atoms with Gasteiger partial charge in [0.2, 0.25) is 6.29 Å². The number of hydrogen-bond acceptors (Lipinski definition) is 5. The number of carbonyl (C=O) groups is 2. The van der Waals surface area contributed by atoms with E-state index in [9.17, 15) is 14.4 Å². The molecule has 6 nitrogen and oxygen atoms in total. The lowest BCUT2D eigenvalue weighted by Crippen LogP contribution is -2.37. The molecule has 0 aliphatic carbocycles. The van der Waals surface area contributed by atoms with E-state index in [0.29, 0.717) is 12.0 Å². The lowest BCUT2D eigenvalue weighted by molar-refractivity contribution is 0.00693. The van der Waals surface area contributed by atoms with Gasteiger partial charge in [0.25, 0.3) is 0 Å². The van der Waals surface area contributed by atoms with Gasteiger partial charge in [-0.1, -0.05) is 26.0 Å². The molecule has 6 heteroatoms. The van der Waals surface area contributed by atoms with E-state index in [-0.39, 0.29) is 12.5 Å². The predicted octanol–water partition coefficient (Wildman–Crippen LogP) is 3.39. The standard InChI is InChI=1S/C19H26NO5/c1-13(2)10-16(11-21)20-18(23)24-12-14-6-8-15(9-7-14)17(22)25-19(3,4)5/h6-9,13,16H,10,12H2,1-5H3,(H,20,23)/t16-/m0/s1. The summed E-state index contributed by atoms with van der Waals surface area (Å²) in [5.41, 5.74) is 0.590. The summed E-state index contributed by atoms with van der Waals surface area (Å²) in [6, 6.07) is 5.92. The van der Waals surface area contributed by atoms with Gasteiger partial charge in [0, 0.05) is 0 Å².